The minimum Gasteiger partial charge on any atom is -0.276 e. The molecule has 0 radical (unpaired) electrons. The Morgan fingerprint density at radius 2 is 0.833 bits per heavy atom. The molecular weight excluding hydrogens is 600 g/mol. The molecule has 0 atom stereocenters. The van der Waals surface area contributed by atoms with Crippen LogP contribution in [0.2, 0.25) is 0 Å². The van der Waals surface area contributed by atoms with Gasteiger partial charge >= 0.3 is 0 Å². The van der Waals surface area contributed by atoms with Crippen LogP contribution in [0.15, 0.2) is 110 Å². The van der Waals surface area contributed by atoms with Crippen LogP contribution in [0.25, 0.3) is 73.2 Å². The second-order valence-corrected chi connectivity index (χ2v) is 10.2. The van der Waals surface area contributed by atoms with Gasteiger partial charge in [-0.2, -0.15) is 10.5 Å². The van der Waals surface area contributed by atoms with Gasteiger partial charge in [0.25, 0.3) is 0 Å². The highest BCUT2D eigenvalue weighted by Gasteiger charge is 2.17. The summed E-state index contributed by atoms with van der Waals surface area (Å²) in [5, 5.41) is 18.7. The quantitative estimate of drug-likeness (QED) is 0.186. The summed E-state index contributed by atoms with van der Waals surface area (Å²) in [5.74, 6) is 0.808. The smallest absolute Gasteiger partial charge is 0.205 e. The highest BCUT2D eigenvalue weighted by atomic mass is 15.1. The van der Waals surface area contributed by atoms with E-state index in [4.69, 9.17) is 36.5 Å². The second kappa shape index (κ2) is 12.8. The topological polar surface area (TPSA) is 168 Å². The summed E-state index contributed by atoms with van der Waals surface area (Å²) in [7, 11) is 0. The van der Waals surface area contributed by atoms with E-state index < -0.39 is 0 Å². The Bertz CT molecular complexity index is 2190. The van der Waals surface area contributed by atoms with Crippen molar-refractivity contribution < 1.29 is 0 Å². The molecule has 12 nitrogen and oxygen atoms in total. The molecule has 222 valence electrons. The number of hydrogen-bond donors (Lipinski definition) is 0. The summed E-state index contributed by atoms with van der Waals surface area (Å²) in [4.78, 5) is 44.8. The lowest BCUT2D eigenvalue weighted by atomic mass is 10.1. The van der Waals surface area contributed by atoms with E-state index in [1.165, 1.54) is 18.6 Å². The first kappa shape index (κ1) is 29.1. The van der Waals surface area contributed by atoms with Crippen molar-refractivity contribution in [2.75, 3.05) is 0 Å². The van der Waals surface area contributed by atoms with Crippen LogP contribution in [-0.4, -0.2) is 44.9 Å². The largest absolute Gasteiger partial charge is 0.276 e. The SMILES string of the molecule is [C-]#[N+]c1cncc(-c2cccc(-c3nc(-c4cccc(-c5cncc(C#N)c5)n4)nc(-c4cccc(-c5cncc(C#N)c5)n4)n3)n2)c1. The fourth-order valence-electron chi connectivity index (χ4n) is 4.79. The average molecular weight is 619 g/mol. The van der Waals surface area contributed by atoms with Crippen molar-refractivity contribution in [2.24, 2.45) is 0 Å². The molecule has 0 fully saturated rings. The van der Waals surface area contributed by atoms with E-state index in [-0.39, 0.29) is 17.5 Å². The van der Waals surface area contributed by atoms with Crippen molar-refractivity contribution in [3.05, 3.63) is 133 Å². The van der Waals surface area contributed by atoms with Gasteiger partial charge in [0.05, 0.1) is 34.8 Å². The van der Waals surface area contributed by atoms with Gasteiger partial charge in [0.2, 0.25) is 5.69 Å². The summed E-state index contributed by atoms with van der Waals surface area (Å²) in [6, 6.07) is 25.6. The fourth-order valence-corrected chi connectivity index (χ4v) is 4.79. The first-order valence-electron chi connectivity index (χ1n) is 14.3. The minimum atomic E-state index is 0.269. The summed E-state index contributed by atoms with van der Waals surface area (Å²) in [6.07, 6.45) is 9.38. The number of nitrogens with zero attached hydrogens (tertiary/aromatic N) is 12. The molecule has 0 saturated carbocycles. The van der Waals surface area contributed by atoms with Gasteiger partial charge in [-0.3, -0.25) is 15.0 Å². The van der Waals surface area contributed by atoms with Crippen molar-refractivity contribution >= 4 is 5.69 Å². The Morgan fingerprint density at radius 3 is 1.23 bits per heavy atom. The van der Waals surface area contributed by atoms with Gasteiger partial charge in [-0.25, -0.2) is 34.7 Å². The van der Waals surface area contributed by atoms with Crippen LogP contribution in [-0.2, 0) is 0 Å². The van der Waals surface area contributed by atoms with Crippen LogP contribution >= 0.6 is 0 Å². The van der Waals surface area contributed by atoms with Gasteiger partial charge in [0.1, 0.15) is 29.2 Å². The first-order valence-corrected chi connectivity index (χ1v) is 14.3. The fraction of sp³-hybridized carbons (Fsp3) is 0. The predicted molar refractivity (Wildman–Crippen MR) is 175 cm³/mol. The zero-order chi connectivity index (χ0) is 32.9. The molecule has 0 aromatic carbocycles. The minimum absolute atomic E-state index is 0.269. The Morgan fingerprint density at radius 1 is 0.458 bits per heavy atom. The zero-order valence-electron chi connectivity index (χ0n) is 24.8. The van der Waals surface area contributed by atoms with E-state index in [0.29, 0.717) is 67.7 Å². The molecule has 0 aliphatic rings. The van der Waals surface area contributed by atoms with E-state index in [9.17, 15) is 10.5 Å². The molecule has 7 aromatic heterocycles. The molecule has 0 bridgehead atoms. The lowest BCUT2D eigenvalue weighted by Gasteiger charge is -2.10. The van der Waals surface area contributed by atoms with Crippen LogP contribution in [0.4, 0.5) is 5.69 Å². The molecule has 7 aromatic rings. The zero-order valence-corrected chi connectivity index (χ0v) is 24.8. The molecule has 7 rings (SSSR count). The Balaban J connectivity index is 1.38. The number of hydrogen-bond acceptors (Lipinski definition) is 11. The molecule has 0 N–H and O–H groups in total. The Kier molecular flexibility index (Phi) is 7.75. The lowest BCUT2D eigenvalue weighted by Crippen LogP contribution is -2.04. The lowest BCUT2D eigenvalue weighted by molar-refractivity contribution is 1.04. The molecule has 0 spiro atoms. The van der Waals surface area contributed by atoms with Gasteiger partial charge < -0.3 is 0 Å². The van der Waals surface area contributed by atoms with Crippen LogP contribution < -0.4 is 0 Å². The number of aromatic nitrogens is 9. The standard InChI is InChI=1S/C36H18N12/c1-39-27-13-26(20-42-21-27)30-7-4-10-33(45-30)36-47-34(31-8-2-5-28(43-31)24-11-22(14-37)16-40-18-24)46-35(48-36)32-9-3-6-29(44-32)25-12-23(15-38)17-41-19-25/h2-13,16-21H. The first-order chi connectivity index (χ1) is 23.6. The maximum Gasteiger partial charge on any atom is 0.205 e. The summed E-state index contributed by atoms with van der Waals surface area (Å²) < 4.78 is 0. The maximum atomic E-state index is 9.37. The number of nitriles is 2. The second-order valence-electron chi connectivity index (χ2n) is 10.2. The van der Waals surface area contributed by atoms with Crippen LogP contribution in [0.3, 0.4) is 0 Å². The third-order valence-electron chi connectivity index (χ3n) is 7.04. The maximum absolute atomic E-state index is 9.37. The van der Waals surface area contributed by atoms with Gasteiger partial charge in [-0.05, 0) is 54.6 Å². The van der Waals surface area contributed by atoms with Crippen LogP contribution in [0, 0.1) is 29.2 Å². The van der Waals surface area contributed by atoms with Crippen molar-refractivity contribution in [1.29, 1.82) is 10.5 Å². The van der Waals surface area contributed by atoms with Crippen molar-refractivity contribution in [3.63, 3.8) is 0 Å². The predicted octanol–water partition coefficient (Wildman–Crippen LogP) is 6.54. The molecule has 0 saturated heterocycles. The number of pyridine rings is 6. The van der Waals surface area contributed by atoms with E-state index >= 15 is 0 Å². The van der Waals surface area contributed by atoms with Gasteiger partial charge in [-0.1, -0.05) is 18.2 Å². The molecule has 0 aliphatic heterocycles. The molecule has 12 heteroatoms. The molecule has 48 heavy (non-hydrogen) atoms. The van der Waals surface area contributed by atoms with Crippen molar-refractivity contribution in [1.82, 2.24) is 44.9 Å². The third-order valence-corrected chi connectivity index (χ3v) is 7.04. The highest BCUT2D eigenvalue weighted by Crippen LogP contribution is 2.28. The average Bonchev–Trinajstić information content (AvgIpc) is 3.18. The Labute approximate surface area is 273 Å². The third kappa shape index (κ3) is 6.02. The monoisotopic (exact) mass is 618 g/mol. The molecular formula is C36H18N12. The number of rotatable bonds is 6. The van der Waals surface area contributed by atoms with Gasteiger partial charge in [0, 0.05) is 53.9 Å². The molecule has 7 heterocycles. The highest BCUT2D eigenvalue weighted by molar-refractivity contribution is 5.70. The van der Waals surface area contributed by atoms with Gasteiger partial charge in [-0.15, -0.1) is 0 Å². The van der Waals surface area contributed by atoms with E-state index in [1.807, 2.05) is 36.4 Å². The van der Waals surface area contributed by atoms with Crippen molar-refractivity contribution in [2.45, 2.75) is 0 Å². The molecule has 0 unspecified atom stereocenters. The van der Waals surface area contributed by atoms with Crippen LogP contribution in [0.5, 0.6) is 0 Å². The summed E-state index contributed by atoms with van der Waals surface area (Å²) >= 11 is 0. The molecule has 0 aliphatic carbocycles. The Hall–Kier alpha value is -7.62. The van der Waals surface area contributed by atoms with Crippen LogP contribution in [0.1, 0.15) is 11.1 Å². The van der Waals surface area contributed by atoms with E-state index in [0.717, 1.165) is 0 Å². The van der Waals surface area contributed by atoms with Crippen molar-refractivity contribution in [3.8, 4) is 80.5 Å². The normalized spacial score (nSPS) is 10.4. The summed E-state index contributed by atoms with van der Waals surface area (Å²) in [5.41, 5.74) is 6.32. The van der Waals surface area contributed by atoms with E-state index in [2.05, 4.69) is 31.9 Å². The molecule has 0 amide bonds. The summed E-state index contributed by atoms with van der Waals surface area (Å²) in [6.45, 7) is 7.36. The van der Waals surface area contributed by atoms with E-state index in [1.54, 1.807) is 55.0 Å². The van der Waals surface area contributed by atoms with Gasteiger partial charge in [0.15, 0.2) is 17.5 Å².